The highest BCUT2D eigenvalue weighted by Gasteiger charge is 2.23. The van der Waals surface area contributed by atoms with Gasteiger partial charge in [-0.05, 0) is 38.1 Å². The standard InChI is InChI=1S/C13H20N4O/c1-16-6-5-10(8-16)9-17(2)13(18)12-4-3-11(14)7-15-12/h3-4,7,10H,5-6,8-9,14H2,1-2H3. The summed E-state index contributed by atoms with van der Waals surface area (Å²) in [5.74, 6) is 0.530. The molecule has 1 amide bonds. The SMILES string of the molecule is CN1CCC(CN(C)C(=O)c2ccc(N)cn2)C1. The Bertz CT molecular complexity index is 418. The van der Waals surface area contributed by atoms with Crippen LogP contribution in [0.4, 0.5) is 5.69 Å². The van der Waals surface area contributed by atoms with Crippen molar-refractivity contribution in [3.63, 3.8) is 0 Å². The van der Waals surface area contributed by atoms with Crippen LogP contribution in [0.25, 0.3) is 0 Å². The number of aromatic nitrogens is 1. The molecule has 2 N–H and O–H groups in total. The maximum absolute atomic E-state index is 12.1. The highest BCUT2D eigenvalue weighted by atomic mass is 16.2. The van der Waals surface area contributed by atoms with E-state index in [2.05, 4.69) is 16.9 Å². The molecule has 18 heavy (non-hydrogen) atoms. The quantitative estimate of drug-likeness (QED) is 0.854. The van der Waals surface area contributed by atoms with E-state index in [9.17, 15) is 4.79 Å². The summed E-state index contributed by atoms with van der Waals surface area (Å²) in [6.45, 7) is 2.97. The minimum absolute atomic E-state index is 0.0375. The number of anilines is 1. The first-order valence-electron chi connectivity index (χ1n) is 6.22. The van der Waals surface area contributed by atoms with Gasteiger partial charge < -0.3 is 15.5 Å². The lowest BCUT2D eigenvalue weighted by atomic mass is 10.1. The van der Waals surface area contributed by atoms with Crippen molar-refractivity contribution in [1.82, 2.24) is 14.8 Å². The Balaban J connectivity index is 1.94. The molecular formula is C13H20N4O. The molecule has 0 aliphatic carbocycles. The number of nitrogens with two attached hydrogens (primary N) is 1. The number of likely N-dealkylation sites (tertiary alicyclic amines) is 1. The first-order chi connectivity index (χ1) is 8.56. The van der Waals surface area contributed by atoms with Gasteiger partial charge in [0.25, 0.3) is 5.91 Å². The molecule has 0 spiro atoms. The fraction of sp³-hybridized carbons (Fsp3) is 0.538. The second kappa shape index (κ2) is 5.35. The summed E-state index contributed by atoms with van der Waals surface area (Å²) in [6, 6.07) is 3.38. The molecule has 1 aliphatic heterocycles. The lowest BCUT2D eigenvalue weighted by Crippen LogP contribution is -2.33. The third kappa shape index (κ3) is 2.98. The van der Waals surface area contributed by atoms with Crippen LogP contribution < -0.4 is 5.73 Å². The van der Waals surface area contributed by atoms with Gasteiger partial charge in [0.05, 0.1) is 11.9 Å². The fourth-order valence-electron chi connectivity index (χ4n) is 2.37. The van der Waals surface area contributed by atoms with Gasteiger partial charge in [-0.3, -0.25) is 4.79 Å². The number of nitrogen functional groups attached to an aromatic ring is 1. The first kappa shape index (κ1) is 12.8. The molecule has 1 aromatic rings. The predicted molar refractivity (Wildman–Crippen MR) is 71.2 cm³/mol. The van der Waals surface area contributed by atoms with Gasteiger partial charge in [-0.15, -0.1) is 0 Å². The Hall–Kier alpha value is -1.62. The highest BCUT2D eigenvalue weighted by molar-refractivity contribution is 5.92. The van der Waals surface area contributed by atoms with Gasteiger partial charge in [-0.2, -0.15) is 0 Å². The molecule has 98 valence electrons. The molecule has 0 radical (unpaired) electrons. The van der Waals surface area contributed by atoms with Crippen LogP contribution in [0.5, 0.6) is 0 Å². The molecule has 1 aromatic heterocycles. The van der Waals surface area contributed by atoms with Crippen LogP contribution in [0.2, 0.25) is 0 Å². The van der Waals surface area contributed by atoms with Crippen molar-refractivity contribution < 1.29 is 4.79 Å². The zero-order valence-electron chi connectivity index (χ0n) is 11.0. The number of carbonyl (C=O) groups is 1. The number of pyridine rings is 1. The summed E-state index contributed by atoms with van der Waals surface area (Å²) in [5, 5.41) is 0. The van der Waals surface area contributed by atoms with Crippen LogP contribution in [0.1, 0.15) is 16.9 Å². The van der Waals surface area contributed by atoms with E-state index in [4.69, 9.17) is 5.73 Å². The third-order valence-electron chi connectivity index (χ3n) is 3.37. The van der Waals surface area contributed by atoms with E-state index in [1.54, 1.807) is 17.0 Å². The first-order valence-corrected chi connectivity index (χ1v) is 6.22. The maximum atomic E-state index is 12.1. The number of rotatable bonds is 3. The van der Waals surface area contributed by atoms with Crippen LogP contribution >= 0.6 is 0 Å². The Labute approximate surface area is 108 Å². The van der Waals surface area contributed by atoms with Crippen LogP contribution in [0, 0.1) is 5.92 Å². The Morgan fingerprint density at radius 1 is 1.61 bits per heavy atom. The summed E-state index contributed by atoms with van der Waals surface area (Å²) in [6.07, 6.45) is 2.67. The van der Waals surface area contributed by atoms with Crippen molar-refractivity contribution in [2.75, 3.05) is 39.5 Å². The van der Waals surface area contributed by atoms with Gasteiger partial charge >= 0.3 is 0 Å². The molecule has 0 bridgehead atoms. The van der Waals surface area contributed by atoms with E-state index < -0.39 is 0 Å². The van der Waals surface area contributed by atoms with Crippen molar-refractivity contribution in [3.8, 4) is 0 Å². The maximum Gasteiger partial charge on any atom is 0.272 e. The minimum atomic E-state index is -0.0375. The van der Waals surface area contributed by atoms with Crippen molar-refractivity contribution >= 4 is 11.6 Å². The van der Waals surface area contributed by atoms with Crippen LogP contribution in [0.3, 0.4) is 0 Å². The van der Waals surface area contributed by atoms with E-state index >= 15 is 0 Å². The smallest absolute Gasteiger partial charge is 0.272 e. The van der Waals surface area contributed by atoms with Gasteiger partial charge in [0.1, 0.15) is 5.69 Å². The van der Waals surface area contributed by atoms with Crippen LogP contribution in [-0.2, 0) is 0 Å². The van der Waals surface area contributed by atoms with E-state index in [1.165, 1.54) is 6.20 Å². The second-order valence-corrected chi connectivity index (χ2v) is 5.08. The van der Waals surface area contributed by atoms with Gasteiger partial charge in [0, 0.05) is 20.1 Å². The average molecular weight is 248 g/mol. The van der Waals surface area contributed by atoms with E-state index in [0.29, 0.717) is 17.3 Å². The molecule has 1 fully saturated rings. The van der Waals surface area contributed by atoms with Gasteiger partial charge in [-0.1, -0.05) is 0 Å². The van der Waals surface area contributed by atoms with Crippen LogP contribution in [0.15, 0.2) is 18.3 Å². The zero-order valence-corrected chi connectivity index (χ0v) is 11.0. The van der Waals surface area contributed by atoms with E-state index in [-0.39, 0.29) is 5.91 Å². The molecule has 0 aromatic carbocycles. The molecule has 1 atom stereocenters. The monoisotopic (exact) mass is 248 g/mol. The molecule has 5 nitrogen and oxygen atoms in total. The van der Waals surface area contributed by atoms with Crippen molar-refractivity contribution in [2.24, 2.45) is 5.92 Å². The Kier molecular flexibility index (Phi) is 3.81. The normalized spacial score (nSPS) is 20.0. The molecule has 1 unspecified atom stereocenters. The summed E-state index contributed by atoms with van der Waals surface area (Å²) >= 11 is 0. The van der Waals surface area contributed by atoms with Crippen molar-refractivity contribution in [2.45, 2.75) is 6.42 Å². The largest absolute Gasteiger partial charge is 0.397 e. The van der Waals surface area contributed by atoms with E-state index in [0.717, 1.165) is 26.1 Å². The minimum Gasteiger partial charge on any atom is -0.397 e. The van der Waals surface area contributed by atoms with Gasteiger partial charge in [-0.25, -0.2) is 4.98 Å². The second-order valence-electron chi connectivity index (χ2n) is 5.08. The van der Waals surface area contributed by atoms with Crippen LogP contribution in [-0.4, -0.2) is 54.4 Å². The molecule has 2 heterocycles. The summed E-state index contributed by atoms with van der Waals surface area (Å²) in [5.41, 5.74) is 6.59. The van der Waals surface area contributed by atoms with Crippen molar-refractivity contribution in [1.29, 1.82) is 0 Å². The number of hydrogen-bond donors (Lipinski definition) is 1. The molecular weight excluding hydrogens is 228 g/mol. The summed E-state index contributed by atoms with van der Waals surface area (Å²) in [7, 11) is 3.95. The lowest BCUT2D eigenvalue weighted by molar-refractivity contribution is 0.0768. The molecule has 1 saturated heterocycles. The number of amides is 1. The lowest BCUT2D eigenvalue weighted by Gasteiger charge is -2.20. The zero-order chi connectivity index (χ0) is 13.1. The van der Waals surface area contributed by atoms with E-state index in [1.807, 2.05) is 7.05 Å². The molecule has 0 saturated carbocycles. The summed E-state index contributed by atoms with van der Waals surface area (Å²) in [4.78, 5) is 20.2. The Morgan fingerprint density at radius 3 is 2.94 bits per heavy atom. The average Bonchev–Trinajstić information content (AvgIpc) is 2.75. The molecule has 5 heteroatoms. The number of nitrogens with zero attached hydrogens (tertiary/aromatic N) is 3. The predicted octanol–water partition coefficient (Wildman–Crippen LogP) is 0.687. The van der Waals surface area contributed by atoms with Gasteiger partial charge in [0.15, 0.2) is 0 Å². The Morgan fingerprint density at radius 2 is 2.39 bits per heavy atom. The third-order valence-corrected chi connectivity index (χ3v) is 3.37. The fourth-order valence-corrected chi connectivity index (χ4v) is 2.37. The number of carbonyl (C=O) groups excluding carboxylic acids is 1. The van der Waals surface area contributed by atoms with Gasteiger partial charge in [0.2, 0.25) is 0 Å². The molecule has 1 aliphatic rings. The summed E-state index contributed by atoms with van der Waals surface area (Å²) < 4.78 is 0. The van der Waals surface area contributed by atoms with Crippen molar-refractivity contribution in [3.05, 3.63) is 24.0 Å². The molecule has 2 rings (SSSR count). The highest BCUT2D eigenvalue weighted by Crippen LogP contribution is 2.16. The number of hydrogen-bond acceptors (Lipinski definition) is 4. The topological polar surface area (TPSA) is 62.5 Å².